The molecule has 0 aliphatic heterocycles. The van der Waals surface area contributed by atoms with Crippen molar-refractivity contribution in [3.05, 3.63) is 77.9 Å². The van der Waals surface area contributed by atoms with E-state index in [9.17, 15) is 4.79 Å². The molecule has 0 heterocycles. The van der Waals surface area contributed by atoms with E-state index in [0.29, 0.717) is 11.3 Å². The predicted octanol–water partition coefficient (Wildman–Crippen LogP) is 3.61. The number of nitrogens with one attached hydrogen (secondary N) is 1. The summed E-state index contributed by atoms with van der Waals surface area (Å²) in [5.74, 6) is 0.450. The van der Waals surface area contributed by atoms with E-state index >= 15 is 0 Å². The van der Waals surface area contributed by atoms with Crippen LogP contribution in [-0.2, 0) is 0 Å². The summed E-state index contributed by atoms with van der Waals surface area (Å²) in [5.41, 5.74) is 3.98. The lowest BCUT2D eigenvalue weighted by Gasteiger charge is -2.02. The highest BCUT2D eigenvalue weighted by Gasteiger charge is 2.03. The van der Waals surface area contributed by atoms with Gasteiger partial charge in [0, 0.05) is 5.56 Å². The van der Waals surface area contributed by atoms with Crippen LogP contribution in [-0.4, -0.2) is 19.2 Å². The number of carbonyl (C=O) groups excluding carboxylic acids is 1. The molecule has 3 rings (SSSR count). The van der Waals surface area contributed by atoms with Crippen molar-refractivity contribution in [1.29, 1.82) is 0 Å². The van der Waals surface area contributed by atoms with Gasteiger partial charge in [-0.15, -0.1) is 0 Å². The Morgan fingerprint density at radius 1 is 1.00 bits per heavy atom. The minimum absolute atomic E-state index is 0.260. The van der Waals surface area contributed by atoms with Crippen molar-refractivity contribution in [3.8, 4) is 5.75 Å². The van der Waals surface area contributed by atoms with Crippen LogP contribution in [0.1, 0.15) is 15.9 Å². The Kier molecular flexibility index (Phi) is 4.34. The highest BCUT2D eigenvalue weighted by Crippen LogP contribution is 2.14. The van der Waals surface area contributed by atoms with Crippen LogP contribution in [0.5, 0.6) is 5.75 Å². The van der Waals surface area contributed by atoms with Crippen LogP contribution in [0.25, 0.3) is 10.8 Å². The molecule has 0 saturated carbocycles. The fourth-order valence-electron chi connectivity index (χ4n) is 2.26. The maximum absolute atomic E-state index is 12.0. The van der Waals surface area contributed by atoms with Crippen molar-refractivity contribution in [2.45, 2.75) is 0 Å². The number of ether oxygens (including phenoxy) is 1. The van der Waals surface area contributed by atoms with Gasteiger partial charge in [-0.25, -0.2) is 5.43 Å². The van der Waals surface area contributed by atoms with E-state index in [1.807, 2.05) is 36.4 Å². The average molecular weight is 304 g/mol. The Labute approximate surface area is 134 Å². The van der Waals surface area contributed by atoms with Gasteiger partial charge in [0.2, 0.25) is 0 Å². The molecule has 3 aromatic carbocycles. The Morgan fingerprint density at radius 2 is 1.74 bits per heavy atom. The molecule has 0 spiro atoms. The molecule has 23 heavy (non-hydrogen) atoms. The highest BCUT2D eigenvalue weighted by atomic mass is 16.5. The quantitative estimate of drug-likeness (QED) is 0.591. The van der Waals surface area contributed by atoms with E-state index in [1.54, 1.807) is 37.6 Å². The van der Waals surface area contributed by atoms with Crippen LogP contribution in [0.4, 0.5) is 0 Å². The zero-order valence-corrected chi connectivity index (χ0v) is 12.7. The molecule has 4 nitrogen and oxygen atoms in total. The number of nitrogens with zero attached hydrogens (tertiary/aromatic N) is 1. The number of carbonyl (C=O) groups is 1. The topological polar surface area (TPSA) is 50.7 Å². The van der Waals surface area contributed by atoms with Crippen LogP contribution in [0.15, 0.2) is 71.8 Å². The van der Waals surface area contributed by atoms with E-state index in [-0.39, 0.29) is 5.91 Å². The van der Waals surface area contributed by atoms with Gasteiger partial charge in [0.15, 0.2) is 0 Å². The highest BCUT2D eigenvalue weighted by molar-refractivity contribution is 5.95. The van der Waals surface area contributed by atoms with Crippen molar-refractivity contribution in [1.82, 2.24) is 5.43 Å². The zero-order chi connectivity index (χ0) is 16.1. The fourth-order valence-corrected chi connectivity index (χ4v) is 2.26. The largest absolute Gasteiger partial charge is 0.497 e. The first kappa shape index (κ1) is 14.8. The number of rotatable bonds is 4. The molecule has 1 N–H and O–H groups in total. The summed E-state index contributed by atoms with van der Waals surface area (Å²) in [7, 11) is 1.59. The number of fused-ring (bicyclic) bond motifs is 1. The van der Waals surface area contributed by atoms with Gasteiger partial charge in [-0.05, 0) is 46.7 Å². The molecule has 0 saturated heterocycles. The first-order chi connectivity index (χ1) is 11.3. The molecule has 3 aromatic rings. The van der Waals surface area contributed by atoms with Gasteiger partial charge in [-0.2, -0.15) is 5.10 Å². The second-order valence-electron chi connectivity index (χ2n) is 5.03. The van der Waals surface area contributed by atoms with E-state index in [1.165, 1.54) is 5.39 Å². The molecule has 0 bridgehead atoms. The van der Waals surface area contributed by atoms with Gasteiger partial charge in [-0.3, -0.25) is 4.79 Å². The van der Waals surface area contributed by atoms with Crippen LogP contribution in [0.2, 0.25) is 0 Å². The van der Waals surface area contributed by atoms with Gasteiger partial charge in [0.25, 0.3) is 5.91 Å². The number of methoxy groups -OCH3 is 1. The van der Waals surface area contributed by atoms with Crippen molar-refractivity contribution in [2.75, 3.05) is 7.11 Å². The lowest BCUT2D eigenvalue weighted by molar-refractivity contribution is 0.0955. The number of amides is 1. The Morgan fingerprint density at radius 3 is 2.48 bits per heavy atom. The number of hydrazone groups is 1. The lowest BCUT2D eigenvalue weighted by atomic mass is 10.1. The van der Waals surface area contributed by atoms with Crippen LogP contribution in [0.3, 0.4) is 0 Å². The fraction of sp³-hybridized carbons (Fsp3) is 0.0526. The maximum Gasteiger partial charge on any atom is 0.271 e. The minimum Gasteiger partial charge on any atom is -0.497 e. The van der Waals surface area contributed by atoms with Crippen LogP contribution in [0, 0.1) is 0 Å². The smallest absolute Gasteiger partial charge is 0.271 e. The summed E-state index contributed by atoms with van der Waals surface area (Å²) in [6.45, 7) is 0. The number of hydrogen-bond acceptors (Lipinski definition) is 3. The molecular formula is C19H16N2O2. The van der Waals surface area contributed by atoms with Crippen molar-refractivity contribution >= 4 is 22.9 Å². The number of hydrogen-bond donors (Lipinski definition) is 1. The molecule has 0 unspecified atom stereocenters. The van der Waals surface area contributed by atoms with Gasteiger partial charge in [0.05, 0.1) is 13.3 Å². The van der Waals surface area contributed by atoms with E-state index in [4.69, 9.17) is 4.74 Å². The second kappa shape index (κ2) is 6.75. The van der Waals surface area contributed by atoms with Crippen molar-refractivity contribution in [2.24, 2.45) is 5.10 Å². The average Bonchev–Trinajstić information content (AvgIpc) is 2.61. The van der Waals surface area contributed by atoms with Gasteiger partial charge < -0.3 is 4.74 Å². The summed E-state index contributed by atoms with van der Waals surface area (Å²) >= 11 is 0. The first-order valence-electron chi connectivity index (χ1n) is 7.22. The lowest BCUT2D eigenvalue weighted by Crippen LogP contribution is -2.17. The summed E-state index contributed by atoms with van der Waals surface area (Å²) in [5, 5.41) is 6.32. The molecule has 0 aromatic heterocycles. The molecule has 1 amide bonds. The minimum atomic E-state index is -0.260. The van der Waals surface area contributed by atoms with Gasteiger partial charge >= 0.3 is 0 Å². The Hall–Kier alpha value is -3.14. The van der Waals surface area contributed by atoms with Crippen molar-refractivity contribution in [3.63, 3.8) is 0 Å². The van der Waals surface area contributed by atoms with Crippen molar-refractivity contribution < 1.29 is 9.53 Å². The molecule has 4 heteroatoms. The van der Waals surface area contributed by atoms with Crippen LogP contribution >= 0.6 is 0 Å². The maximum atomic E-state index is 12.0. The molecule has 114 valence electrons. The molecule has 0 aliphatic rings. The third-order valence-electron chi connectivity index (χ3n) is 3.51. The first-order valence-corrected chi connectivity index (χ1v) is 7.22. The normalized spacial score (nSPS) is 10.8. The van der Waals surface area contributed by atoms with Gasteiger partial charge in [0.1, 0.15) is 5.75 Å². The molecule has 0 fully saturated rings. The summed E-state index contributed by atoms with van der Waals surface area (Å²) in [4.78, 5) is 12.0. The van der Waals surface area contributed by atoms with E-state index in [2.05, 4.69) is 16.6 Å². The summed E-state index contributed by atoms with van der Waals surface area (Å²) < 4.78 is 5.06. The Bertz CT molecular complexity index is 855. The van der Waals surface area contributed by atoms with E-state index < -0.39 is 0 Å². The van der Waals surface area contributed by atoms with Gasteiger partial charge in [-0.1, -0.05) is 36.4 Å². The third kappa shape index (κ3) is 3.55. The molecular weight excluding hydrogens is 288 g/mol. The SMILES string of the molecule is COc1ccc(C(=O)N/N=C/c2ccc3ccccc3c2)cc1. The second-order valence-corrected chi connectivity index (χ2v) is 5.03. The summed E-state index contributed by atoms with van der Waals surface area (Å²) in [6.07, 6.45) is 1.63. The van der Waals surface area contributed by atoms with Crippen LogP contribution < -0.4 is 10.2 Å². The monoisotopic (exact) mass is 304 g/mol. The Balaban J connectivity index is 1.68. The number of benzene rings is 3. The molecule has 0 radical (unpaired) electrons. The predicted molar refractivity (Wildman–Crippen MR) is 92.0 cm³/mol. The molecule has 0 aliphatic carbocycles. The zero-order valence-electron chi connectivity index (χ0n) is 12.7. The molecule has 0 atom stereocenters. The third-order valence-corrected chi connectivity index (χ3v) is 3.51. The summed E-state index contributed by atoms with van der Waals surface area (Å²) in [6, 6.07) is 21.0. The van der Waals surface area contributed by atoms with E-state index in [0.717, 1.165) is 10.9 Å². The standard InChI is InChI=1S/C19H16N2O2/c1-23-18-10-8-16(9-11-18)19(22)21-20-13-14-6-7-15-4-2-3-5-17(15)12-14/h2-13H,1H3,(H,21,22)/b20-13+.